The molecule has 7 heteroatoms. The average molecular weight is 274 g/mol. The van der Waals surface area contributed by atoms with Crippen LogP contribution < -0.4 is 5.32 Å². The minimum atomic E-state index is -0.960. The van der Waals surface area contributed by atoms with Crippen LogP contribution in [0.15, 0.2) is 36.5 Å². The summed E-state index contributed by atoms with van der Waals surface area (Å²) in [7, 11) is 0. The van der Waals surface area contributed by atoms with Crippen LogP contribution >= 0.6 is 0 Å². The molecule has 0 saturated heterocycles. The van der Waals surface area contributed by atoms with Gasteiger partial charge >= 0.3 is 5.97 Å². The van der Waals surface area contributed by atoms with Gasteiger partial charge in [0.25, 0.3) is 5.91 Å². The van der Waals surface area contributed by atoms with Crippen LogP contribution in [0.25, 0.3) is 5.69 Å². The van der Waals surface area contributed by atoms with Crippen LogP contribution in [-0.4, -0.2) is 38.5 Å². The van der Waals surface area contributed by atoms with Gasteiger partial charge in [-0.3, -0.25) is 9.59 Å². The largest absolute Gasteiger partial charge is 0.481 e. The number of carboxylic acids is 1. The number of amides is 1. The van der Waals surface area contributed by atoms with E-state index in [1.807, 2.05) is 30.3 Å². The molecule has 1 aromatic carbocycles. The van der Waals surface area contributed by atoms with Crippen molar-refractivity contribution in [2.45, 2.75) is 6.92 Å². The number of carbonyl (C=O) groups is 2. The molecule has 0 aliphatic carbocycles. The average Bonchev–Trinajstić information content (AvgIpc) is 2.95. The molecule has 0 bridgehead atoms. The number of rotatable bonds is 5. The number of aromatic nitrogens is 3. The SMILES string of the molecule is CC(CNC(=O)c1cnn(-c2ccccc2)n1)C(=O)O. The normalized spacial score (nSPS) is 11.8. The molecule has 20 heavy (non-hydrogen) atoms. The first-order chi connectivity index (χ1) is 9.58. The van der Waals surface area contributed by atoms with E-state index in [1.54, 1.807) is 0 Å². The molecule has 0 aliphatic heterocycles. The van der Waals surface area contributed by atoms with E-state index in [2.05, 4.69) is 15.5 Å². The minimum Gasteiger partial charge on any atom is -0.481 e. The molecule has 0 spiro atoms. The number of hydrogen-bond donors (Lipinski definition) is 2. The molecule has 0 saturated carbocycles. The molecule has 0 aliphatic rings. The highest BCUT2D eigenvalue weighted by atomic mass is 16.4. The Bertz CT molecular complexity index is 609. The molecule has 1 aromatic heterocycles. The number of nitrogens with one attached hydrogen (secondary N) is 1. The number of hydrogen-bond acceptors (Lipinski definition) is 4. The van der Waals surface area contributed by atoms with Crippen LogP contribution in [0, 0.1) is 5.92 Å². The first-order valence-electron chi connectivity index (χ1n) is 6.06. The molecule has 0 radical (unpaired) electrons. The molecule has 1 atom stereocenters. The van der Waals surface area contributed by atoms with E-state index in [9.17, 15) is 9.59 Å². The van der Waals surface area contributed by atoms with Crippen LogP contribution in [-0.2, 0) is 4.79 Å². The number of carboxylic acid groups (broad SMARTS) is 1. The topological polar surface area (TPSA) is 97.1 Å². The summed E-state index contributed by atoms with van der Waals surface area (Å²) in [6.45, 7) is 1.57. The summed E-state index contributed by atoms with van der Waals surface area (Å²) < 4.78 is 0. The molecule has 2 aromatic rings. The fourth-order valence-corrected chi connectivity index (χ4v) is 1.48. The zero-order valence-electron chi connectivity index (χ0n) is 10.9. The number of benzene rings is 1. The van der Waals surface area contributed by atoms with Crippen LogP contribution in [0.1, 0.15) is 17.4 Å². The highest BCUT2D eigenvalue weighted by molar-refractivity contribution is 5.92. The Labute approximate surface area is 115 Å². The van der Waals surface area contributed by atoms with E-state index >= 15 is 0 Å². The number of para-hydroxylation sites is 1. The first-order valence-corrected chi connectivity index (χ1v) is 6.06. The van der Waals surface area contributed by atoms with Gasteiger partial charge < -0.3 is 10.4 Å². The lowest BCUT2D eigenvalue weighted by molar-refractivity contribution is -0.140. The first kappa shape index (κ1) is 13.7. The number of carbonyl (C=O) groups excluding carboxylic acids is 1. The van der Waals surface area contributed by atoms with Crippen molar-refractivity contribution in [2.75, 3.05) is 6.54 Å². The zero-order chi connectivity index (χ0) is 14.5. The Morgan fingerprint density at radius 2 is 2.05 bits per heavy atom. The van der Waals surface area contributed by atoms with Crippen LogP contribution in [0.3, 0.4) is 0 Å². The molecule has 2 N–H and O–H groups in total. The standard InChI is InChI=1S/C13H14N4O3/c1-9(13(19)20)7-14-12(18)11-8-15-17(16-11)10-5-3-2-4-6-10/h2-6,8-9H,7H2,1H3,(H,14,18)(H,19,20). The number of nitrogens with zero attached hydrogens (tertiary/aromatic N) is 3. The summed E-state index contributed by atoms with van der Waals surface area (Å²) in [6, 6.07) is 9.18. The van der Waals surface area contributed by atoms with E-state index in [4.69, 9.17) is 5.11 Å². The van der Waals surface area contributed by atoms with Crippen molar-refractivity contribution < 1.29 is 14.7 Å². The maximum Gasteiger partial charge on any atom is 0.308 e. The van der Waals surface area contributed by atoms with Crippen molar-refractivity contribution in [1.82, 2.24) is 20.3 Å². The molecule has 104 valence electrons. The highest BCUT2D eigenvalue weighted by Gasteiger charge is 2.15. The van der Waals surface area contributed by atoms with E-state index in [0.717, 1.165) is 5.69 Å². The van der Waals surface area contributed by atoms with E-state index < -0.39 is 17.8 Å². The van der Waals surface area contributed by atoms with Crippen molar-refractivity contribution in [2.24, 2.45) is 5.92 Å². The molecule has 1 unspecified atom stereocenters. The van der Waals surface area contributed by atoms with Gasteiger partial charge in [0.05, 0.1) is 17.8 Å². The second-order valence-electron chi connectivity index (χ2n) is 4.30. The minimum absolute atomic E-state index is 0.0480. The van der Waals surface area contributed by atoms with E-state index in [1.165, 1.54) is 17.9 Å². The van der Waals surface area contributed by atoms with Crippen molar-refractivity contribution in [3.63, 3.8) is 0 Å². The smallest absolute Gasteiger partial charge is 0.308 e. The predicted octanol–water partition coefficient (Wildman–Crippen LogP) is 0.718. The maximum absolute atomic E-state index is 11.8. The number of aliphatic carboxylic acids is 1. The molecule has 0 fully saturated rings. The van der Waals surface area contributed by atoms with Gasteiger partial charge in [-0.25, -0.2) is 0 Å². The van der Waals surface area contributed by atoms with Gasteiger partial charge in [0.15, 0.2) is 5.69 Å². The van der Waals surface area contributed by atoms with Gasteiger partial charge in [-0.1, -0.05) is 25.1 Å². The highest BCUT2D eigenvalue weighted by Crippen LogP contribution is 2.04. The molecule has 1 heterocycles. The van der Waals surface area contributed by atoms with Gasteiger partial charge in [0.1, 0.15) is 0 Å². The summed E-state index contributed by atoms with van der Waals surface area (Å²) in [6.07, 6.45) is 1.34. The Hall–Kier alpha value is -2.70. The summed E-state index contributed by atoms with van der Waals surface area (Å²) in [5, 5.41) is 19.3. The molecular formula is C13H14N4O3. The van der Waals surface area contributed by atoms with Crippen LogP contribution in [0.5, 0.6) is 0 Å². The molecular weight excluding hydrogens is 260 g/mol. The lowest BCUT2D eigenvalue weighted by Crippen LogP contribution is -2.31. The zero-order valence-corrected chi connectivity index (χ0v) is 10.9. The van der Waals surface area contributed by atoms with Gasteiger partial charge in [-0.2, -0.15) is 9.90 Å². The Morgan fingerprint density at radius 1 is 1.35 bits per heavy atom. The van der Waals surface area contributed by atoms with Crippen molar-refractivity contribution >= 4 is 11.9 Å². The summed E-state index contributed by atoms with van der Waals surface area (Å²) >= 11 is 0. The summed E-state index contributed by atoms with van der Waals surface area (Å²) in [5.74, 6) is -2.05. The van der Waals surface area contributed by atoms with Gasteiger partial charge in [-0.05, 0) is 12.1 Å². The van der Waals surface area contributed by atoms with Crippen molar-refractivity contribution in [3.8, 4) is 5.69 Å². The van der Waals surface area contributed by atoms with Gasteiger partial charge in [0.2, 0.25) is 0 Å². The third-order valence-electron chi connectivity index (χ3n) is 2.70. The van der Waals surface area contributed by atoms with Crippen molar-refractivity contribution in [3.05, 3.63) is 42.2 Å². The lowest BCUT2D eigenvalue weighted by Gasteiger charge is -2.06. The molecule has 1 amide bonds. The molecule has 7 nitrogen and oxygen atoms in total. The quantitative estimate of drug-likeness (QED) is 0.837. The third kappa shape index (κ3) is 3.19. The second kappa shape index (κ2) is 5.96. The summed E-state index contributed by atoms with van der Waals surface area (Å²) in [5.41, 5.74) is 0.886. The fraction of sp³-hybridized carbons (Fsp3) is 0.231. The second-order valence-corrected chi connectivity index (χ2v) is 4.30. The monoisotopic (exact) mass is 274 g/mol. The third-order valence-corrected chi connectivity index (χ3v) is 2.70. The van der Waals surface area contributed by atoms with Gasteiger partial charge in [-0.15, -0.1) is 5.10 Å². The van der Waals surface area contributed by atoms with E-state index in [-0.39, 0.29) is 12.2 Å². The summed E-state index contributed by atoms with van der Waals surface area (Å²) in [4.78, 5) is 23.8. The molecule has 2 rings (SSSR count). The Morgan fingerprint density at radius 3 is 2.70 bits per heavy atom. The fourth-order valence-electron chi connectivity index (χ4n) is 1.48. The van der Waals surface area contributed by atoms with Gasteiger partial charge in [0, 0.05) is 6.54 Å². The maximum atomic E-state index is 11.8. The van der Waals surface area contributed by atoms with Crippen molar-refractivity contribution in [1.29, 1.82) is 0 Å². The van der Waals surface area contributed by atoms with Crippen LogP contribution in [0.4, 0.5) is 0 Å². The Balaban J connectivity index is 2.02. The van der Waals surface area contributed by atoms with E-state index in [0.29, 0.717) is 0 Å². The predicted molar refractivity (Wildman–Crippen MR) is 70.5 cm³/mol. The van der Waals surface area contributed by atoms with Crippen LogP contribution in [0.2, 0.25) is 0 Å². The Kier molecular flexibility index (Phi) is 4.09. The lowest BCUT2D eigenvalue weighted by atomic mass is 10.2.